The second kappa shape index (κ2) is 6.23. The Morgan fingerprint density at radius 3 is 2.77 bits per heavy atom. The van der Waals surface area contributed by atoms with Crippen molar-refractivity contribution in [3.8, 4) is 11.7 Å². The van der Waals surface area contributed by atoms with Crippen LogP contribution in [0.4, 0.5) is 4.39 Å². The van der Waals surface area contributed by atoms with Gasteiger partial charge in [0.1, 0.15) is 29.8 Å². The van der Waals surface area contributed by atoms with E-state index in [1.54, 1.807) is 18.2 Å². The molecule has 1 aromatic carbocycles. The molecule has 7 heteroatoms. The van der Waals surface area contributed by atoms with Crippen molar-refractivity contribution in [2.75, 3.05) is 0 Å². The monoisotopic (exact) mass is 301 g/mol. The van der Waals surface area contributed by atoms with Crippen molar-refractivity contribution in [1.29, 1.82) is 0 Å². The van der Waals surface area contributed by atoms with Crippen molar-refractivity contribution in [1.82, 2.24) is 15.2 Å². The van der Waals surface area contributed by atoms with Crippen molar-refractivity contribution in [3.05, 3.63) is 66.2 Å². The maximum Gasteiger partial charge on any atom is 0.290 e. The molecule has 6 nitrogen and oxygen atoms in total. The summed E-state index contributed by atoms with van der Waals surface area (Å²) in [6.07, 6.45) is 3.49. The van der Waals surface area contributed by atoms with Crippen LogP contribution in [0.25, 0.3) is 6.08 Å². The van der Waals surface area contributed by atoms with E-state index in [-0.39, 0.29) is 11.8 Å². The number of halogens is 1. The Balaban J connectivity index is 1.64. The van der Waals surface area contributed by atoms with Gasteiger partial charge in [0.25, 0.3) is 5.95 Å². The summed E-state index contributed by atoms with van der Waals surface area (Å²) < 4.78 is 23.7. The highest BCUT2D eigenvalue weighted by molar-refractivity contribution is 5.45. The van der Waals surface area contributed by atoms with E-state index >= 15 is 0 Å². The lowest BCUT2D eigenvalue weighted by molar-refractivity contribution is 0.219. The van der Waals surface area contributed by atoms with Gasteiger partial charge >= 0.3 is 0 Å². The van der Waals surface area contributed by atoms with Crippen LogP contribution in [-0.4, -0.2) is 20.3 Å². The van der Waals surface area contributed by atoms with Crippen LogP contribution in [-0.2, 0) is 0 Å². The first-order valence-corrected chi connectivity index (χ1v) is 6.45. The second-order valence-corrected chi connectivity index (χ2v) is 4.39. The third-order valence-corrected chi connectivity index (χ3v) is 2.79. The van der Waals surface area contributed by atoms with Gasteiger partial charge in [-0.1, -0.05) is 0 Å². The molecule has 1 unspecified atom stereocenters. The van der Waals surface area contributed by atoms with Gasteiger partial charge in [-0.15, -0.1) is 0 Å². The molecule has 0 saturated carbocycles. The Morgan fingerprint density at radius 1 is 1.23 bits per heavy atom. The normalized spacial score (nSPS) is 12.6. The number of nitrogens with one attached hydrogen (secondary N) is 1. The standard InChI is InChI=1S/C15H12FN3O3/c16-10-1-3-11(4-2-10)21-14-8-6-12(22-14)5-7-13(20)15-17-9-18-19-15/h1-9,13,20H,(H,17,18,19). The number of aliphatic hydroxyl groups is 1. The second-order valence-electron chi connectivity index (χ2n) is 4.39. The summed E-state index contributed by atoms with van der Waals surface area (Å²) in [5.41, 5.74) is 0. The smallest absolute Gasteiger partial charge is 0.290 e. The Labute approximate surface area is 124 Å². The van der Waals surface area contributed by atoms with Gasteiger partial charge < -0.3 is 14.3 Å². The van der Waals surface area contributed by atoms with Crippen molar-refractivity contribution >= 4 is 6.08 Å². The first-order valence-electron chi connectivity index (χ1n) is 6.45. The first-order chi connectivity index (χ1) is 10.7. The van der Waals surface area contributed by atoms with Crippen molar-refractivity contribution < 1.29 is 18.7 Å². The highest BCUT2D eigenvalue weighted by Gasteiger charge is 2.07. The van der Waals surface area contributed by atoms with Gasteiger partial charge in [0.15, 0.2) is 5.82 Å². The van der Waals surface area contributed by atoms with Crippen LogP contribution >= 0.6 is 0 Å². The van der Waals surface area contributed by atoms with E-state index in [4.69, 9.17) is 9.15 Å². The average Bonchev–Trinajstić information content (AvgIpc) is 3.19. The van der Waals surface area contributed by atoms with E-state index in [0.717, 1.165) is 0 Å². The average molecular weight is 301 g/mol. The molecule has 112 valence electrons. The molecule has 2 heterocycles. The number of hydrogen-bond donors (Lipinski definition) is 2. The molecule has 2 aromatic heterocycles. The summed E-state index contributed by atoms with van der Waals surface area (Å²) in [5.74, 6) is 1.23. The Hall–Kier alpha value is -2.93. The number of furan rings is 1. The first kappa shape index (κ1) is 14.0. The molecule has 0 aliphatic rings. The van der Waals surface area contributed by atoms with Gasteiger partial charge in [-0.25, -0.2) is 9.37 Å². The van der Waals surface area contributed by atoms with Crippen molar-refractivity contribution in [3.63, 3.8) is 0 Å². The summed E-state index contributed by atoms with van der Waals surface area (Å²) in [6, 6.07) is 8.91. The van der Waals surface area contributed by atoms with Crippen LogP contribution in [0.1, 0.15) is 17.7 Å². The topological polar surface area (TPSA) is 84.2 Å². The maximum absolute atomic E-state index is 12.8. The lowest BCUT2D eigenvalue weighted by Gasteiger charge is -2.01. The molecule has 22 heavy (non-hydrogen) atoms. The Bertz CT molecular complexity index is 751. The van der Waals surface area contributed by atoms with E-state index < -0.39 is 6.10 Å². The quantitative estimate of drug-likeness (QED) is 0.756. The van der Waals surface area contributed by atoms with Crippen LogP contribution in [0.5, 0.6) is 11.7 Å². The number of aromatic nitrogens is 3. The third-order valence-electron chi connectivity index (χ3n) is 2.79. The minimum Gasteiger partial charge on any atom is -0.426 e. The molecule has 0 bridgehead atoms. The fourth-order valence-electron chi connectivity index (χ4n) is 1.73. The largest absolute Gasteiger partial charge is 0.426 e. The fourth-order valence-corrected chi connectivity index (χ4v) is 1.73. The van der Waals surface area contributed by atoms with Crippen LogP contribution in [0, 0.1) is 5.82 Å². The van der Waals surface area contributed by atoms with Gasteiger partial charge in [-0.2, -0.15) is 5.10 Å². The lowest BCUT2D eigenvalue weighted by Crippen LogP contribution is -1.95. The van der Waals surface area contributed by atoms with E-state index in [9.17, 15) is 9.50 Å². The molecule has 0 saturated heterocycles. The minimum absolute atomic E-state index is 0.264. The number of benzene rings is 1. The van der Waals surface area contributed by atoms with Gasteiger partial charge in [-0.05, 0) is 42.5 Å². The summed E-state index contributed by atoms with van der Waals surface area (Å²) in [5, 5.41) is 16.0. The van der Waals surface area contributed by atoms with Gasteiger partial charge in [0.2, 0.25) is 0 Å². The molecule has 0 spiro atoms. The number of rotatable bonds is 5. The van der Waals surface area contributed by atoms with Crippen LogP contribution in [0.3, 0.4) is 0 Å². The Kier molecular flexibility index (Phi) is 3.97. The molecule has 0 aliphatic carbocycles. The van der Waals surface area contributed by atoms with E-state index in [1.165, 1.54) is 36.7 Å². The molecular weight excluding hydrogens is 289 g/mol. The third kappa shape index (κ3) is 3.39. The zero-order chi connectivity index (χ0) is 15.4. The van der Waals surface area contributed by atoms with E-state index in [1.807, 2.05) is 0 Å². The molecule has 3 rings (SSSR count). The van der Waals surface area contributed by atoms with E-state index in [2.05, 4.69) is 15.2 Å². The zero-order valence-corrected chi connectivity index (χ0v) is 11.3. The van der Waals surface area contributed by atoms with Gasteiger partial charge in [0.05, 0.1) is 0 Å². The van der Waals surface area contributed by atoms with E-state index in [0.29, 0.717) is 17.3 Å². The SMILES string of the molecule is OC(C=Cc1ccc(Oc2ccc(F)cc2)o1)c1ncn[nH]1. The van der Waals surface area contributed by atoms with Crippen LogP contribution in [0.2, 0.25) is 0 Å². The molecule has 0 amide bonds. The molecular formula is C15H12FN3O3. The van der Waals surface area contributed by atoms with Gasteiger partial charge in [-0.3, -0.25) is 5.10 Å². The molecule has 0 aliphatic heterocycles. The molecule has 3 aromatic rings. The highest BCUT2D eigenvalue weighted by Crippen LogP contribution is 2.24. The Morgan fingerprint density at radius 2 is 2.05 bits per heavy atom. The number of hydrogen-bond acceptors (Lipinski definition) is 5. The number of aliphatic hydroxyl groups excluding tert-OH is 1. The van der Waals surface area contributed by atoms with Crippen molar-refractivity contribution in [2.45, 2.75) is 6.10 Å². The number of H-pyrrole nitrogens is 1. The highest BCUT2D eigenvalue weighted by atomic mass is 19.1. The summed E-state index contributed by atoms with van der Waals surface area (Å²) in [7, 11) is 0. The lowest BCUT2D eigenvalue weighted by atomic mass is 10.3. The summed E-state index contributed by atoms with van der Waals surface area (Å²) in [6.45, 7) is 0. The maximum atomic E-state index is 12.8. The predicted octanol–water partition coefficient (Wildman–Crippen LogP) is 3.08. The number of aromatic amines is 1. The number of nitrogens with zero attached hydrogens (tertiary/aromatic N) is 2. The zero-order valence-electron chi connectivity index (χ0n) is 11.3. The molecule has 2 N–H and O–H groups in total. The van der Waals surface area contributed by atoms with Crippen LogP contribution in [0.15, 0.2) is 53.2 Å². The molecule has 0 radical (unpaired) electrons. The molecule has 0 fully saturated rings. The summed E-state index contributed by atoms with van der Waals surface area (Å²) in [4.78, 5) is 3.84. The minimum atomic E-state index is -0.908. The number of ether oxygens (including phenoxy) is 1. The predicted molar refractivity (Wildman–Crippen MR) is 75.6 cm³/mol. The van der Waals surface area contributed by atoms with Crippen molar-refractivity contribution in [2.24, 2.45) is 0 Å². The van der Waals surface area contributed by atoms with Crippen LogP contribution < -0.4 is 4.74 Å². The summed E-state index contributed by atoms with van der Waals surface area (Å²) >= 11 is 0. The molecule has 1 atom stereocenters. The fraction of sp³-hybridized carbons (Fsp3) is 0.0667. The van der Waals surface area contributed by atoms with Gasteiger partial charge in [0, 0.05) is 6.07 Å².